The average Bonchev–Trinajstić information content (AvgIpc) is 2.74. The van der Waals surface area contributed by atoms with Crippen LogP contribution in [-0.2, 0) is 0 Å². The third-order valence-electron chi connectivity index (χ3n) is 4.77. The molecule has 2 heterocycles. The number of rotatable bonds is 6. The molecule has 0 unspecified atom stereocenters. The van der Waals surface area contributed by atoms with E-state index in [2.05, 4.69) is 25.5 Å². The van der Waals surface area contributed by atoms with Crippen LogP contribution >= 0.6 is 11.6 Å². The van der Waals surface area contributed by atoms with Crippen molar-refractivity contribution in [3.8, 4) is 11.5 Å². The van der Waals surface area contributed by atoms with Crippen molar-refractivity contribution >= 4 is 35.1 Å². The summed E-state index contributed by atoms with van der Waals surface area (Å²) in [6, 6.07) is 4.97. The Labute approximate surface area is 181 Å². The number of ether oxygens (including phenoxy) is 2. The van der Waals surface area contributed by atoms with E-state index < -0.39 is 0 Å². The van der Waals surface area contributed by atoms with Gasteiger partial charge in [-0.15, -0.1) is 0 Å². The summed E-state index contributed by atoms with van der Waals surface area (Å²) in [5.41, 5.74) is 1.40. The quantitative estimate of drug-likeness (QED) is 0.721. The van der Waals surface area contributed by atoms with E-state index in [1.807, 2.05) is 19.9 Å². The SMILES string of the molecule is CCNc1cc(C)nc(N2CCN(C(=O)Nc3cc(Cl)c(OC)cc3OC)CC2)n1. The monoisotopic (exact) mass is 434 g/mol. The molecule has 1 fully saturated rings. The van der Waals surface area contributed by atoms with Crippen LogP contribution in [0.2, 0.25) is 5.02 Å². The lowest BCUT2D eigenvalue weighted by atomic mass is 10.2. The Kier molecular flexibility index (Phi) is 7.04. The molecule has 0 bridgehead atoms. The fourth-order valence-electron chi connectivity index (χ4n) is 3.23. The highest BCUT2D eigenvalue weighted by Crippen LogP contribution is 2.36. The lowest BCUT2D eigenvalue weighted by molar-refractivity contribution is 0.208. The van der Waals surface area contributed by atoms with Crippen LogP contribution in [0.1, 0.15) is 12.6 Å². The summed E-state index contributed by atoms with van der Waals surface area (Å²) in [6.45, 7) is 7.15. The Balaban J connectivity index is 1.64. The van der Waals surface area contributed by atoms with E-state index in [1.165, 1.54) is 14.2 Å². The number of urea groups is 1. The van der Waals surface area contributed by atoms with Crippen LogP contribution in [0, 0.1) is 6.92 Å². The number of methoxy groups -OCH3 is 2. The van der Waals surface area contributed by atoms with E-state index in [0.29, 0.717) is 54.3 Å². The number of anilines is 3. The van der Waals surface area contributed by atoms with Crippen LogP contribution in [0.3, 0.4) is 0 Å². The van der Waals surface area contributed by atoms with Gasteiger partial charge in [-0.1, -0.05) is 11.6 Å². The van der Waals surface area contributed by atoms with E-state index in [-0.39, 0.29) is 6.03 Å². The average molecular weight is 435 g/mol. The molecule has 3 rings (SSSR count). The Hall–Kier alpha value is -2.94. The van der Waals surface area contributed by atoms with Gasteiger partial charge in [0.1, 0.15) is 17.3 Å². The summed E-state index contributed by atoms with van der Waals surface area (Å²) in [4.78, 5) is 25.7. The number of aryl methyl sites for hydroxylation is 1. The van der Waals surface area contributed by atoms with Gasteiger partial charge in [0.05, 0.1) is 24.9 Å². The normalized spacial score (nSPS) is 13.8. The van der Waals surface area contributed by atoms with Crippen molar-refractivity contribution in [2.75, 3.05) is 62.5 Å². The molecule has 2 amide bonds. The second-order valence-electron chi connectivity index (χ2n) is 6.82. The number of hydrogen-bond donors (Lipinski definition) is 2. The zero-order valence-corrected chi connectivity index (χ0v) is 18.4. The maximum atomic E-state index is 12.8. The van der Waals surface area contributed by atoms with Crippen molar-refractivity contribution in [3.05, 3.63) is 28.9 Å². The topological polar surface area (TPSA) is 91.9 Å². The smallest absolute Gasteiger partial charge is 0.322 e. The number of benzene rings is 1. The molecule has 1 aromatic heterocycles. The summed E-state index contributed by atoms with van der Waals surface area (Å²) in [5.74, 6) is 2.45. The van der Waals surface area contributed by atoms with Gasteiger partial charge in [-0.2, -0.15) is 4.98 Å². The van der Waals surface area contributed by atoms with E-state index >= 15 is 0 Å². The molecule has 1 aliphatic rings. The zero-order valence-electron chi connectivity index (χ0n) is 17.7. The highest BCUT2D eigenvalue weighted by atomic mass is 35.5. The minimum absolute atomic E-state index is 0.215. The van der Waals surface area contributed by atoms with Crippen LogP contribution in [0.5, 0.6) is 11.5 Å². The number of aromatic nitrogens is 2. The van der Waals surface area contributed by atoms with Crippen LogP contribution in [0.4, 0.5) is 22.2 Å². The van der Waals surface area contributed by atoms with Crippen LogP contribution in [-0.4, -0.2) is 67.8 Å². The van der Waals surface area contributed by atoms with E-state index in [9.17, 15) is 4.79 Å². The summed E-state index contributed by atoms with van der Waals surface area (Å²) in [5, 5.41) is 6.49. The van der Waals surface area contributed by atoms with Crippen LogP contribution in [0.25, 0.3) is 0 Å². The minimum Gasteiger partial charge on any atom is -0.495 e. The van der Waals surface area contributed by atoms with Crippen molar-refractivity contribution in [2.45, 2.75) is 13.8 Å². The largest absolute Gasteiger partial charge is 0.495 e. The fourth-order valence-corrected chi connectivity index (χ4v) is 3.47. The first-order valence-electron chi connectivity index (χ1n) is 9.77. The summed E-state index contributed by atoms with van der Waals surface area (Å²) in [6.07, 6.45) is 0. The molecule has 0 spiro atoms. The standard InChI is InChI=1S/C20H27ClN6O3/c1-5-22-18-10-13(2)23-19(25-18)26-6-8-27(9-7-26)20(28)24-15-11-14(21)16(29-3)12-17(15)30-4/h10-12H,5-9H2,1-4H3,(H,24,28)(H,22,23,25). The lowest BCUT2D eigenvalue weighted by Crippen LogP contribution is -2.50. The van der Waals surface area contributed by atoms with Gasteiger partial charge in [0.25, 0.3) is 0 Å². The number of nitrogens with zero attached hydrogens (tertiary/aromatic N) is 4. The first kappa shape index (κ1) is 21.8. The van der Waals surface area contributed by atoms with E-state index in [1.54, 1.807) is 17.0 Å². The molecule has 30 heavy (non-hydrogen) atoms. The number of hydrogen-bond acceptors (Lipinski definition) is 7. The molecule has 9 nitrogen and oxygen atoms in total. The fraction of sp³-hybridized carbons (Fsp3) is 0.450. The Morgan fingerprint density at radius 2 is 1.80 bits per heavy atom. The Bertz CT molecular complexity index is 902. The molecule has 1 saturated heterocycles. The maximum Gasteiger partial charge on any atom is 0.322 e. The highest BCUT2D eigenvalue weighted by Gasteiger charge is 2.24. The number of carbonyl (C=O) groups excluding carboxylic acids is 1. The van der Waals surface area contributed by atoms with Gasteiger partial charge < -0.3 is 29.9 Å². The molecule has 2 aromatic rings. The molecule has 0 aliphatic carbocycles. The molecule has 10 heteroatoms. The summed E-state index contributed by atoms with van der Waals surface area (Å²) in [7, 11) is 3.05. The molecule has 0 atom stereocenters. The minimum atomic E-state index is -0.215. The molecule has 1 aliphatic heterocycles. The van der Waals surface area contributed by atoms with Crippen LogP contribution < -0.4 is 25.0 Å². The Morgan fingerprint density at radius 3 is 2.43 bits per heavy atom. The van der Waals surface area contributed by atoms with E-state index in [4.69, 9.17) is 21.1 Å². The predicted octanol–water partition coefficient (Wildman–Crippen LogP) is 3.24. The third kappa shape index (κ3) is 4.96. The number of amides is 2. The van der Waals surface area contributed by atoms with Gasteiger partial charge in [0, 0.05) is 50.6 Å². The van der Waals surface area contributed by atoms with Crippen molar-refractivity contribution in [2.24, 2.45) is 0 Å². The van der Waals surface area contributed by atoms with Gasteiger partial charge in [0.2, 0.25) is 5.95 Å². The molecule has 2 N–H and O–H groups in total. The van der Waals surface area contributed by atoms with Gasteiger partial charge in [-0.3, -0.25) is 0 Å². The highest BCUT2D eigenvalue weighted by molar-refractivity contribution is 6.32. The van der Waals surface area contributed by atoms with Crippen LogP contribution in [0.15, 0.2) is 18.2 Å². The molecular formula is C20H27ClN6O3. The maximum absolute atomic E-state index is 12.8. The Morgan fingerprint density at radius 1 is 1.10 bits per heavy atom. The first-order chi connectivity index (χ1) is 14.4. The molecule has 0 saturated carbocycles. The molecule has 162 valence electrons. The zero-order chi connectivity index (χ0) is 21.7. The third-order valence-corrected chi connectivity index (χ3v) is 5.06. The van der Waals surface area contributed by atoms with Crippen molar-refractivity contribution in [3.63, 3.8) is 0 Å². The predicted molar refractivity (Wildman–Crippen MR) is 118 cm³/mol. The summed E-state index contributed by atoms with van der Waals surface area (Å²) < 4.78 is 10.5. The van der Waals surface area contributed by atoms with Gasteiger partial charge in [-0.05, 0) is 19.9 Å². The number of piperazine rings is 1. The second-order valence-corrected chi connectivity index (χ2v) is 7.22. The van der Waals surface area contributed by atoms with Crippen molar-refractivity contribution < 1.29 is 14.3 Å². The molecular weight excluding hydrogens is 408 g/mol. The number of halogens is 1. The first-order valence-corrected chi connectivity index (χ1v) is 10.1. The number of nitrogens with one attached hydrogen (secondary N) is 2. The second kappa shape index (κ2) is 9.71. The van der Waals surface area contributed by atoms with Crippen molar-refractivity contribution in [1.29, 1.82) is 0 Å². The van der Waals surface area contributed by atoms with Gasteiger partial charge in [-0.25, -0.2) is 9.78 Å². The molecule has 0 radical (unpaired) electrons. The van der Waals surface area contributed by atoms with E-state index in [0.717, 1.165) is 18.1 Å². The van der Waals surface area contributed by atoms with Crippen molar-refractivity contribution in [1.82, 2.24) is 14.9 Å². The molecule has 1 aromatic carbocycles. The lowest BCUT2D eigenvalue weighted by Gasteiger charge is -2.35. The summed E-state index contributed by atoms with van der Waals surface area (Å²) >= 11 is 6.19. The van der Waals surface area contributed by atoms with Gasteiger partial charge in [0.15, 0.2) is 0 Å². The van der Waals surface area contributed by atoms with Gasteiger partial charge >= 0.3 is 6.03 Å². The number of carbonyl (C=O) groups is 1.